The van der Waals surface area contributed by atoms with Crippen molar-refractivity contribution in [1.29, 1.82) is 0 Å². The highest BCUT2D eigenvalue weighted by atomic mass is 16.3. The van der Waals surface area contributed by atoms with Crippen molar-refractivity contribution in [3.63, 3.8) is 0 Å². The third-order valence-electron chi connectivity index (χ3n) is 3.62. The summed E-state index contributed by atoms with van der Waals surface area (Å²) in [5.74, 6) is -0.125. The SMILES string of the molecule is Nc1ccc(O)cc1C(=O)N1CCCCC1CCO. The smallest absolute Gasteiger partial charge is 0.256 e. The highest BCUT2D eigenvalue weighted by Crippen LogP contribution is 2.25. The number of phenolic OH excluding ortho intramolecular Hbond substituents is 1. The summed E-state index contributed by atoms with van der Waals surface area (Å²) < 4.78 is 0. The van der Waals surface area contributed by atoms with Crippen molar-refractivity contribution in [2.75, 3.05) is 18.9 Å². The summed E-state index contributed by atoms with van der Waals surface area (Å²) in [4.78, 5) is 14.3. The zero-order valence-electron chi connectivity index (χ0n) is 10.9. The summed E-state index contributed by atoms with van der Waals surface area (Å²) in [7, 11) is 0. The van der Waals surface area contributed by atoms with E-state index >= 15 is 0 Å². The maximum absolute atomic E-state index is 12.5. The molecule has 104 valence electrons. The van der Waals surface area contributed by atoms with E-state index < -0.39 is 0 Å². The second kappa shape index (κ2) is 5.93. The highest BCUT2D eigenvalue weighted by molar-refractivity contribution is 5.99. The number of nitrogen functional groups attached to an aromatic ring is 1. The Balaban J connectivity index is 2.23. The van der Waals surface area contributed by atoms with Gasteiger partial charge in [0.05, 0.1) is 5.56 Å². The number of likely N-dealkylation sites (tertiary alicyclic amines) is 1. The quantitative estimate of drug-likeness (QED) is 0.568. The molecule has 1 aromatic carbocycles. The van der Waals surface area contributed by atoms with Gasteiger partial charge in [-0.05, 0) is 43.9 Å². The number of aromatic hydroxyl groups is 1. The molecule has 1 unspecified atom stereocenters. The molecule has 1 amide bonds. The number of aliphatic hydroxyl groups is 1. The van der Waals surface area contributed by atoms with Gasteiger partial charge in [0, 0.05) is 24.9 Å². The van der Waals surface area contributed by atoms with Crippen LogP contribution in [0, 0.1) is 0 Å². The molecule has 19 heavy (non-hydrogen) atoms. The monoisotopic (exact) mass is 264 g/mol. The van der Waals surface area contributed by atoms with Crippen LogP contribution in [0.3, 0.4) is 0 Å². The van der Waals surface area contributed by atoms with Gasteiger partial charge in [0.15, 0.2) is 0 Å². The Morgan fingerprint density at radius 1 is 1.42 bits per heavy atom. The molecule has 5 nitrogen and oxygen atoms in total. The third-order valence-corrected chi connectivity index (χ3v) is 3.62. The molecule has 0 aliphatic carbocycles. The fourth-order valence-electron chi connectivity index (χ4n) is 2.60. The molecular formula is C14H20N2O3. The molecule has 4 N–H and O–H groups in total. The van der Waals surface area contributed by atoms with E-state index in [0.29, 0.717) is 24.2 Å². The molecule has 0 aromatic heterocycles. The van der Waals surface area contributed by atoms with Gasteiger partial charge in [-0.1, -0.05) is 0 Å². The number of nitrogens with two attached hydrogens (primary N) is 1. The molecular weight excluding hydrogens is 244 g/mol. The number of hydrogen-bond acceptors (Lipinski definition) is 4. The molecule has 1 atom stereocenters. The van der Waals surface area contributed by atoms with Crippen LogP contribution in [0.4, 0.5) is 5.69 Å². The Hall–Kier alpha value is -1.75. The minimum absolute atomic E-state index is 0.0354. The Labute approximate surface area is 112 Å². The topological polar surface area (TPSA) is 86.8 Å². The van der Waals surface area contributed by atoms with Crippen LogP contribution in [0.25, 0.3) is 0 Å². The average Bonchev–Trinajstić information content (AvgIpc) is 2.42. The van der Waals surface area contributed by atoms with Crippen LogP contribution < -0.4 is 5.73 Å². The van der Waals surface area contributed by atoms with Crippen molar-refractivity contribution in [3.05, 3.63) is 23.8 Å². The first-order valence-electron chi connectivity index (χ1n) is 6.64. The van der Waals surface area contributed by atoms with Crippen LogP contribution in [0.2, 0.25) is 0 Å². The summed E-state index contributed by atoms with van der Waals surface area (Å²) in [6.45, 7) is 0.753. The lowest BCUT2D eigenvalue weighted by Crippen LogP contribution is -2.44. The van der Waals surface area contributed by atoms with E-state index in [2.05, 4.69) is 0 Å². The van der Waals surface area contributed by atoms with Crippen molar-refractivity contribution >= 4 is 11.6 Å². The Kier molecular flexibility index (Phi) is 4.27. The highest BCUT2D eigenvalue weighted by Gasteiger charge is 2.28. The zero-order chi connectivity index (χ0) is 13.8. The fourth-order valence-corrected chi connectivity index (χ4v) is 2.60. The summed E-state index contributed by atoms with van der Waals surface area (Å²) in [6.07, 6.45) is 3.53. The molecule has 1 heterocycles. The number of anilines is 1. The molecule has 5 heteroatoms. The second-order valence-electron chi connectivity index (χ2n) is 4.93. The second-order valence-corrected chi connectivity index (χ2v) is 4.93. The summed E-state index contributed by atoms with van der Waals surface area (Å²) in [6, 6.07) is 4.47. The molecule has 0 radical (unpaired) electrons. The largest absolute Gasteiger partial charge is 0.508 e. The van der Waals surface area contributed by atoms with Crippen molar-refractivity contribution in [3.8, 4) is 5.75 Å². The van der Waals surface area contributed by atoms with E-state index in [1.807, 2.05) is 0 Å². The number of piperidine rings is 1. The van der Waals surface area contributed by atoms with Gasteiger partial charge in [-0.15, -0.1) is 0 Å². The van der Waals surface area contributed by atoms with Crippen molar-refractivity contribution in [2.45, 2.75) is 31.7 Å². The number of amides is 1. The lowest BCUT2D eigenvalue weighted by molar-refractivity contribution is 0.0575. The first-order valence-corrected chi connectivity index (χ1v) is 6.64. The normalized spacial score (nSPS) is 19.4. The summed E-state index contributed by atoms with van der Waals surface area (Å²) in [5, 5.41) is 18.6. The van der Waals surface area contributed by atoms with Gasteiger partial charge in [0.2, 0.25) is 0 Å². The maximum atomic E-state index is 12.5. The predicted molar refractivity (Wildman–Crippen MR) is 72.9 cm³/mol. The van der Waals surface area contributed by atoms with Gasteiger partial charge >= 0.3 is 0 Å². The molecule has 0 spiro atoms. The van der Waals surface area contributed by atoms with Gasteiger partial charge in [-0.25, -0.2) is 0 Å². The van der Waals surface area contributed by atoms with Crippen LogP contribution in [-0.4, -0.2) is 40.2 Å². The number of benzene rings is 1. The van der Waals surface area contributed by atoms with E-state index in [4.69, 9.17) is 10.8 Å². The number of hydrogen-bond donors (Lipinski definition) is 3. The van der Waals surface area contributed by atoms with E-state index in [1.165, 1.54) is 18.2 Å². The lowest BCUT2D eigenvalue weighted by Gasteiger charge is -2.35. The zero-order valence-corrected chi connectivity index (χ0v) is 10.9. The minimum Gasteiger partial charge on any atom is -0.508 e. The van der Waals surface area contributed by atoms with Gasteiger partial charge < -0.3 is 20.8 Å². The van der Waals surface area contributed by atoms with Crippen LogP contribution in [0.5, 0.6) is 5.75 Å². The number of nitrogens with zero attached hydrogens (tertiary/aromatic N) is 1. The maximum Gasteiger partial charge on any atom is 0.256 e. The summed E-state index contributed by atoms with van der Waals surface area (Å²) in [5.41, 5.74) is 6.52. The molecule has 2 rings (SSSR count). The van der Waals surface area contributed by atoms with Crippen molar-refractivity contribution in [1.82, 2.24) is 4.90 Å². The van der Waals surface area contributed by atoms with Gasteiger partial charge in [0.25, 0.3) is 5.91 Å². The van der Waals surface area contributed by atoms with Crippen LogP contribution in [-0.2, 0) is 0 Å². The number of carbonyl (C=O) groups excluding carboxylic acids is 1. The number of rotatable bonds is 3. The lowest BCUT2D eigenvalue weighted by atomic mass is 9.98. The Morgan fingerprint density at radius 3 is 2.95 bits per heavy atom. The molecule has 1 saturated heterocycles. The van der Waals surface area contributed by atoms with Crippen molar-refractivity contribution in [2.24, 2.45) is 0 Å². The van der Waals surface area contributed by atoms with Gasteiger partial charge in [-0.2, -0.15) is 0 Å². The summed E-state index contributed by atoms with van der Waals surface area (Å²) >= 11 is 0. The van der Waals surface area contributed by atoms with E-state index in [9.17, 15) is 9.90 Å². The molecule has 1 aliphatic heterocycles. The number of phenols is 1. The van der Waals surface area contributed by atoms with Gasteiger partial charge in [0.1, 0.15) is 5.75 Å². The van der Waals surface area contributed by atoms with Crippen LogP contribution >= 0.6 is 0 Å². The van der Waals surface area contributed by atoms with E-state index in [1.54, 1.807) is 4.90 Å². The Morgan fingerprint density at radius 2 is 2.21 bits per heavy atom. The van der Waals surface area contributed by atoms with Gasteiger partial charge in [-0.3, -0.25) is 4.79 Å². The minimum atomic E-state index is -0.161. The predicted octanol–water partition coefficient (Wildman–Crippen LogP) is 1.35. The van der Waals surface area contributed by atoms with E-state index in [-0.39, 0.29) is 24.3 Å². The standard InChI is InChI=1S/C14H20N2O3/c15-13-5-4-11(18)9-12(13)14(19)16-7-2-1-3-10(16)6-8-17/h4-5,9-10,17-18H,1-3,6-8,15H2. The number of carbonyl (C=O) groups is 1. The average molecular weight is 264 g/mol. The molecule has 1 aromatic rings. The molecule has 1 fully saturated rings. The van der Waals surface area contributed by atoms with E-state index in [0.717, 1.165) is 19.3 Å². The molecule has 0 saturated carbocycles. The fraction of sp³-hybridized carbons (Fsp3) is 0.500. The van der Waals surface area contributed by atoms with Crippen molar-refractivity contribution < 1.29 is 15.0 Å². The molecule has 1 aliphatic rings. The van der Waals surface area contributed by atoms with Crippen LogP contribution in [0.1, 0.15) is 36.0 Å². The first-order chi connectivity index (χ1) is 9.13. The molecule has 0 bridgehead atoms. The first kappa shape index (κ1) is 13.7. The van der Waals surface area contributed by atoms with Crippen LogP contribution in [0.15, 0.2) is 18.2 Å². The Bertz CT molecular complexity index is 460. The third kappa shape index (κ3) is 2.98. The number of aliphatic hydroxyl groups excluding tert-OH is 1.